The van der Waals surface area contributed by atoms with Crippen LogP contribution in [0.15, 0.2) is 34.7 Å². The third-order valence-corrected chi connectivity index (χ3v) is 4.69. The molecule has 7 nitrogen and oxygen atoms in total. The fraction of sp³-hybridized carbons (Fsp3) is 0.476. The maximum atomic E-state index is 12.8. The summed E-state index contributed by atoms with van der Waals surface area (Å²) in [6.45, 7) is 7.66. The van der Waals surface area contributed by atoms with Crippen molar-refractivity contribution in [3.8, 4) is 0 Å². The third kappa shape index (κ3) is 4.59. The number of nitrogens with one attached hydrogen (secondary N) is 2. The molecule has 1 aromatic heterocycles. The molecule has 0 radical (unpaired) electrons. The quantitative estimate of drug-likeness (QED) is 0.823. The molecule has 7 heteroatoms. The summed E-state index contributed by atoms with van der Waals surface area (Å²) in [5.41, 5.74) is 0.386. The van der Waals surface area contributed by atoms with E-state index >= 15 is 0 Å². The minimum atomic E-state index is -0.804. The summed E-state index contributed by atoms with van der Waals surface area (Å²) in [7, 11) is 0. The van der Waals surface area contributed by atoms with Crippen molar-refractivity contribution in [3.05, 3.63) is 36.1 Å². The number of carbonyl (C=O) groups is 3. The maximum absolute atomic E-state index is 12.8. The molecule has 1 aliphatic rings. The van der Waals surface area contributed by atoms with E-state index in [0.29, 0.717) is 12.0 Å². The fourth-order valence-electron chi connectivity index (χ4n) is 3.26. The van der Waals surface area contributed by atoms with Crippen molar-refractivity contribution < 1.29 is 23.5 Å². The van der Waals surface area contributed by atoms with Crippen LogP contribution in [0.2, 0.25) is 0 Å². The predicted molar refractivity (Wildman–Crippen MR) is 104 cm³/mol. The Morgan fingerprint density at radius 1 is 1.25 bits per heavy atom. The molecule has 0 saturated carbocycles. The number of ketones is 1. The Balaban J connectivity index is 1.76. The number of benzene rings is 1. The van der Waals surface area contributed by atoms with E-state index in [9.17, 15) is 14.4 Å². The van der Waals surface area contributed by atoms with Gasteiger partial charge in [-0.3, -0.25) is 14.4 Å². The highest BCUT2D eigenvalue weighted by atomic mass is 16.5. The summed E-state index contributed by atoms with van der Waals surface area (Å²) in [6, 6.07) is 7.45. The number of para-hydroxylation sites is 1. The largest absolute Gasteiger partial charge is 0.451 e. The van der Waals surface area contributed by atoms with Gasteiger partial charge in [-0.1, -0.05) is 39.0 Å². The topological polar surface area (TPSA) is 97.6 Å². The highest BCUT2D eigenvalue weighted by molar-refractivity contribution is 5.99. The van der Waals surface area contributed by atoms with Crippen molar-refractivity contribution in [1.29, 1.82) is 0 Å². The second-order valence-corrected chi connectivity index (χ2v) is 8.41. The summed E-state index contributed by atoms with van der Waals surface area (Å²) >= 11 is 0. The molecular weight excluding hydrogens is 360 g/mol. The van der Waals surface area contributed by atoms with Crippen LogP contribution in [-0.4, -0.2) is 42.4 Å². The number of amides is 2. The molecule has 3 atom stereocenters. The van der Waals surface area contributed by atoms with Crippen LogP contribution in [0.25, 0.3) is 11.0 Å². The predicted octanol–water partition coefficient (Wildman–Crippen LogP) is 2.44. The lowest BCUT2D eigenvalue weighted by molar-refractivity contribution is -0.128. The fourth-order valence-corrected chi connectivity index (χ4v) is 3.26. The van der Waals surface area contributed by atoms with Crippen LogP contribution in [-0.2, 0) is 14.3 Å². The number of ether oxygens (including phenoxy) is 1. The van der Waals surface area contributed by atoms with Crippen LogP contribution in [0.3, 0.4) is 0 Å². The van der Waals surface area contributed by atoms with Gasteiger partial charge in [0, 0.05) is 5.39 Å². The van der Waals surface area contributed by atoms with E-state index < -0.39 is 30.0 Å². The van der Waals surface area contributed by atoms with Crippen molar-refractivity contribution in [2.75, 3.05) is 6.61 Å². The molecule has 2 heterocycles. The zero-order valence-corrected chi connectivity index (χ0v) is 16.6. The monoisotopic (exact) mass is 386 g/mol. The number of hydrogen-bond donors (Lipinski definition) is 2. The maximum Gasteiger partial charge on any atom is 0.287 e. The van der Waals surface area contributed by atoms with Gasteiger partial charge in [0.15, 0.2) is 11.5 Å². The van der Waals surface area contributed by atoms with Crippen molar-refractivity contribution in [2.24, 2.45) is 5.41 Å². The third-order valence-electron chi connectivity index (χ3n) is 4.69. The first-order chi connectivity index (χ1) is 13.1. The molecule has 2 amide bonds. The van der Waals surface area contributed by atoms with Gasteiger partial charge in [0.2, 0.25) is 5.91 Å². The molecule has 0 bridgehead atoms. The molecule has 3 rings (SSSR count). The second kappa shape index (κ2) is 7.75. The highest BCUT2D eigenvalue weighted by Crippen LogP contribution is 2.23. The van der Waals surface area contributed by atoms with Crippen LogP contribution in [0.4, 0.5) is 0 Å². The SMILES string of the molecule is C[C@@H]1OCC(=O)[C@H]1NC(=O)C(CC(C)(C)C)NC(=O)c1cc2ccccc2o1. The van der Waals surface area contributed by atoms with E-state index in [1.54, 1.807) is 19.1 Å². The lowest BCUT2D eigenvalue weighted by Gasteiger charge is -2.27. The zero-order chi connectivity index (χ0) is 20.5. The minimum Gasteiger partial charge on any atom is -0.451 e. The van der Waals surface area contributed by atoms with Gasteiger partial charge in [-0.2, -0.15) is 0 Å². The van der Waals surface area contributed by atoms with Gasteiger partial charge in [-0.15, -0.1) is 0 Å². The molecule has 150 valence electrons. The highest BCUT2D eigenvalue weighted by Gasteiger charge is 2.36. The van der Waals surface area contributed by atoms with E-state index in [2.05, 4.69) is 10.6 Å². The number of Topliss-reactive ketones (excluding diaryl/α,β-unsaturated/α-hetero) is 1. The van der Waals surface area contributed by atoms with Crippen LogP contribution in [0, 0.1) is 5.41 Å². The smallest absolute Gasteiger partial charge is 0.287 e. The van der Waals surface area contributed by atoms with Crippen LogP contribution >= 0.6 is 0 Å². The number of hydrogen-bond acceptors (Lipinski definition) is 5. The Hall–Kier alpha value is -2.67. The van der Waals surface area contributed by atoms with Gasteiger partial charge in [0.1, 0.15) is 24.3 Å². The average Bonchev–Trinajstić information content (AvgIpc) is 3.18. The van der Waals surface area contributed by atoms with Crippen LogP contribution in [0.5, 0.6) is 0 Å². The molecule has 28 heavy (non-hydrogen) atoms. The molecule has 1 aliphatic heterocycles. The Morgan fingerprint density at radius 3 is 2.57 bits per heavy atom. The summed E-state index contributed by atoms with van der Waals surface area (Å²) in [5, 5.41) is 6.30. The van der Waals surface area contributed by atoms with Gasteiger partial charge in [0.05, 0.1) is 6.10 Å². The molecule has 2 aromatic rings. The molecule has 2 N–H and O–H groups in total. The van der Waals surface area contributed by atoms with Crippen molar-refractivity contribution in [1.82, 2.24) is 10.6 Å². The van der Waals surface area contributed by atoms with E-state index in [1.165, 1.54) is 0 Å². The van der Waals surface area contributed by atoms with Crippen molar-refractivity contribution in [3.63, 3.8) is 0 Å². The van der Waals surface area contributed by atoms with Crippen molar-refractivity contribution >= 4 is 28.6 Å². The Kier molecular flexibility index (Phi) is 5.56. The average molecular weight is 386 g/mol. The molecule has 1 aromatic carbocycles. The van der Waals surface area contributed by atoms with Gasteiger partial charge >= 0.3 is 0 Å². The Labute approximate surface area is 163 Å². The zero-order valence-electron chi connectivity index (χ0n) is 16.6. The van der Waals surface area contributed by atoms with Gasteiger partial charge in [-0.05, 0) is 30.9 Å². The first kappa shape index (κ1) is 20.1. The lowest BCUT2D eigenvalue weighted by atomic mass is 9.87. The first-order valence-corrected chi connectivity index (χ1v) is 9.38. The van der Waals surface area contributed by atoms with E-state index in [0.717, 1.165) is 5.39 Å². The molecule has 1 saturated heterocycles. The Bertz CT molecular complexity index is 863. The molecule has 1 fully saturated rings. The molecule has 0 spiro atoms. The number of furan rings is 1. The van der Waals surface area contributed by atoms with E-state index in [-0.39, 0.29) is 23.6 Å². The molecule has 0 aliphatic carbocycles. The summed E-state index contributed by atoms with van der Waals surface area (Å²) in [4.78, 5) is 37.5. The summed E-state index contributed by atoms with van der Waals surface area (Å²) < 4.78 is 10.9. The molecular formula is C21H26N2O5. The van der Waals surface area contributed by atoms with Crippen LogP contribution < -0.4 is 10.6 Å². The standard InChI is InChI=1S/C21H26N2O5/c1-12-18(15(24)11-27-12)23-19(25)14(10-21(2,3)4)22-20(26)17-9-13-7-5-6-8-16(13)28-17/h5-9,12,14,18H,10-11H2,1-4H3,(H,22,26)(H,23,25)/t12-,14?,18-/m0/s1. The second-order valence-electron chi connectivity index (χ2n) is 8.41. The minimum absolute atomic E-state index is 0.0125. The van der Waals surface area contributed by atoms with E-state index in [1.807, 2.05) is 39.0 Å². The number of carbonyl (C=O) groups excluding carboxylic acids is 3. The van der Waals surface area contributed by atoms with Crippen LogP contribution in [0.1, 0.15) is 44.7 Å². The number of fused-ring (bicyclic) bond motifs is 1. The Morgan fingerprint density at radius 2 is 1.96 bits per heavy atom. The first-order valence-electron chi connectivity index (χ1n) is 9.38. The van der Waals surface area contributed by atoms with Crippen molar-refractivity contribution in [2.45, 2.75) is 52.3 Å². The molecule has 1 unspecified atom stereocenters. The number of rotatable bonds is 5. The summed E-state index contributed by atoms with van der Waals surface area (Å²) in [6.07, 6.45) is 0.0128. The summed E-state index contributed by atoms with van der Waals surface area (Å²) in [5.74, 6) is -0.904. The lowest BCUT2D eigenvalue weighted by Crippen LogP contribution is -2.53. The van der Waals surface area contributed by atoms with Gasteiger partial charge < -0.3 is 19.8 Å². The van der Waals surface area contributed by atoms with Gasteiger partial charge in [-0.25, -0.2) is 0 Å². The van der Waals surface area contributed by atoms with E-state index in [4.69, 9.17) is 9.15 Å². The normalized spacial score (nSPS) is 20.9. The van der Waals surface area contributed by atoms with Gasteiger partial charge in [0.25, 0.3) is 5.91 Å².